The van der Waals surface area contributed by atoms with Crippen molar-refractivity contribution in [3.05, 3.63) is 53.5 Å². The first kappa shape index (κ1) is 18.1. The van der Waals surface area contributed by atoms with Crippen molar-refractivity contribution in [3.63, 3.8) is 0 Å². The quantitative estimate of drug-likeness (QED) is 0.836. The third-order valence-electron chi connectivity index (χ3n) is 3.38. The molecule has 5 nitrogen and oxygen atoms in total. The number of anilines is 1. The molecule has 1 N–H and O–H groups in total. The molecular formula is C18H22N2O3S. The minimum Gasteiger partial charge on any atom is -0.464 e. The molecule has 0 atom stereocenters. The Hall–Kier alpha value is -2.21. The summed E-state index contributed by atoms with van der Waals surface area (Å²) in [5.74, 6) is 1.95. The summed E-state index contributed by atoms with van der Waals surface area (Å²) >= 11 is 1.30. The van der Waals surface area contributed by atoms with Crippen molar-refractivity contribution in [3.8, 4) is 0 Å². The molecule has 6 heteroatoms. The number of benzene rings is 1. The van der Waals surface area contributed by atoms with Gasteiger partial charge in [-0.3, -0.25) is 9.59 Å². The van der Waals surface area contributed by atoms with E-state index in [1.807, 2.05) is 50.2 Å². The van der Waals surface area contributed by atoms with Crippen LogP contribution in [0.2, 0.25) is 0 Å². The topological polar surface area (TPSA) is 62.6 Å². The molecule has 2 amide bonds. The summed E-state index contributed by atoms with van der Waals surface area (Å²) in [6.07, 6.45) is 0. The van der Waals surface area contributed by atoms with Crippen LogP contribution in [0.15, 0.2) is 40.8 Å². The lowest BCUT2D eigenvalue weighted by molar-refractivity contribution is -0.127. The van der Waals surface area contributed by atoms with Crippen LogP contribution in [0.25, 0.3) is 0 Å². The molecule has 128 valence electrons. The maximum absolute atomic E-state index is 12.1. The predicted molar refractivity (Wildman–Crippen MR) is 97.1 cm³/mol. The molecule has 0 unspecified atom stereocenters. The van der Waals surface area contributed by atoms with E-state index >= 15 is 0 Å². The van der Waals surface area contributed by atoms with Crippen LogP contribution in [0.1, 0.15) is 17.1 Å². The lowest BCUT2D eigenvalue weighted by Crippen LogP contribution is -2.28. The second-order valence-corrected chi connectivity index (χ2v) is 6.66. The van der Waals surface area contributed by atoms with E-state index in [4.69, 9.17) is 4.42 Å². The minimum atomic E-state index is -0.109. The van der Waals surface area contributed by atoms with Crippen molar-refractivity contribution in [2.45, 2.75) is 20.4 Å². The normalized spacial score (nSPS) is 10.5. The fraction of sp³-hybridized carbons (Fsp3) is 0.333. The Morgan fingerprint density at radius 2 is 1.96 bits per heavy atom. The predicted octanol–water partition coefficient (Wildman–Crippen LogP) is 3.23. The number of amides is 2. The Bertz CT molecular complexity index is 712. The van der Waals surface area contributed by atoms with Gasteiger partial charge in [0.2, 0.25) is 11.8 Å². The number of nitrogens with one attached hydrogen (secondary N) is 1. The highest BCUT2D eigenvalue weighted by molar-refractivity contribution is 8.00. The van der Waals surface area contributed by atoms with Crippen molar-refractivity contribution in [1.29, 1.82) is 0 Å². The number of carbonyl (C=O) groups is 2. The van der Waals surface area contributed by atoms with Gasteiger partial charge in [-0.05, 0) is 43.7 Å². The first-order valence-corrected chi connectivity index (χ1v) is 8.83. The number of hydrogen-bond donors (Lipinski definition) is 1. The smallest absolute Gasteiger partial charge is 0.234 e. The monoisotopic (exact) mass is 346 g/mol. The van der Waals surface area contributed by atoms with Gasteiger partial charge in [0.15, 0.2) is 0 Å². The summed E-state index contributed by atoms with van der Waals surface area (Å²) in [7, 11) is 1.73. The molecule has 0 spiro atoms. The SMILES string of the molecule is Cc1cccc(NC(=O)CSCC(=O)N(C)Cc2ccc(C)o2)c1. The zero-order valence-electron chi connectivity index (χ0n) is 14.2. The molecule has 0 fully saturated rings. The Morgan fingerprint density at radius 3 is 2.62 bits per heavy atom. The molecule has 0 aliphatic carbocycles. The fourth-order valence-electron chi connectivity index (χ4n) is 2.15. The largest absolute Gasteiger partial charge is 0.464 e. The van der Waals surface area contributed by atoms with E-state index in [1.54, 1.807) is 11.9 Å². The van der Waals surface area contributed by atoms with Crippen LogP contribution < -0.4 is 5.32 Å². The standard InChI is InChI=1S/C18H22N2O3S/c1-13-5-4-6-15(9-13)19-17(21)11-24-12-18(22)20(3)10-16-8-7-14(2)23-16/h4-9H,10-12H2,1-3H3,(H,19,21). The molecule has 1 aromatic carbocycles. The summed E-state index contributed by atoms with van der Waals surface area (Å²) in [5, 5.41) is 2.83. The van der Waals surface area contributed by atoms with E-state index in [-0.39, 0.29) is 23.3 Å². The molecule has 24 heavy (non-hydrogen) atoms. The number of furan rings is 1. The summed E-state index contributed by atoms with van der Waals surface area (Å²) in [5.41, 5.74) is 1.86. The van der Waals surface area contributed by atoms with Crippen LogP contribution in [0.5, 0.6) is 0 Å². The fourth-order valence-corrected chi connectivity index (χ4v) is 2.91. The van der Waals surface area contributed by atoms with Crippen LogP contribution in [-0.4, -0.2) is 35.3 Å². The van der Waals surface area contributed by atoms with Crippen molar-refractivity contribution in [1.82, 2.24) is 4.90 Å². The van der Waals surface area contributed by atoms with Crippen molar-refractivity contribution < 1.29 is 14.0 Å². The Labute approximate surface area is 146 Å². The van der Waals surface area contributed by atoms with Gasteiger partial charge in [-0.1, -0.05) is 12.1 Å². The van der Waals surface area contributed by atoms with E-state index in [0.717, 1.165) is 22.8 Å². The van der Waals surface area contributed by atoms with Gasteiger partial charge in [0, 0.05) is 12.7 Å². The maximum Gasteiger partial charge on any atom is 0.234 e. The zero-order valence-corrected chi connectivity index (χ0v) is 15.0. The molecule has 1 heterocycles. The van der Waals surface area contributed by atoms with Gasteiger partial charge in [0.05, 0.1) is 18.1 Å². The molecular weight excluding hydrogens is 324 g/mol. The number of rotatable bonds is 7. The molecule has 0 saturated heterocycles. The maximum atomic E-state index is 12.1. The average Bonchev–Trinajstić information content (AvgIpc) is 2.92. The molecule has 0 saturated carbocycles. The highest BCUT2D eigenvalue weighted by Crippen LogP contribution is 2.12. The number of carbonyl (C=O) groups excluding carboxylic acids is 2. The Morgan fingerprint density at radius 1 is 1.17 bits per heavy atom. The summed E-state index contributed by atoms with van der Waals surface area (Å²) in [6, 6.07) is 11.4. The second kappa shape index (κ2) is 8.59. The van der Waals surface area contributed by atoms with Gasteiger partial charge in [0.1, 0.15) is 11.5 Å². The van der Waals surface area contributed by atoms with Crippen molar-refractivity contribution in [2.24, 2.45) is 0 Å². The van der Waals surface area contributed by atoms with Gasteiger partial charge in [-0.25, -0.2) is 0 Å². The van der Waals surface area contributed by atoms with Gasteiger partial charge in [-0.2, -0.15) is 0 Å². The van der Waals surface area contributed by atoms with E-state index in [9.17, 15) is 9.59 Å². The minimum absolute atomic E-state index is 0.0302. The molecule has 2 rings (SSSR count). The van der Waals surface area contributed by atoms with E-state index in [2.05, 4.69) is 5.32 Å². The highest BCUT2D eigenvalue weighted by Gasteiger charge is 2.12. The van der Waals surface area contributed by atoms with Crippen LogP contribution in [0.3, 0.4) is 0 Å². The lowest BCUT2D eigenvalue weighted by atomic mass is 10.2. The molecule has 0 aliphatic heterocycles. The van der Waals surface area contributed by atoms with Crippen LogP contribution >= 0.6 is 11.8 Å². The van der Waals surface area contributed by atoms with Crippen LogP contribution in [-0.2, 0) is 16.1 Å². The van der Waals surface area contributed by atoms with Crippen molar-refractivity contribution >= 4 is 29.3 Å². The van der Waals surface area contributed by atoms with Gasteiger partial charge >= 0.3 is 0 Å². The van der Waals surface area contributed by atoms with Crippen LogP contribution in [0.4, 0.5) is 5.69 Å². The summed E-state index contributed by atoms with van der Waals surface area (Å²) in [6.45, 7) is 4.27. The Kier molecular flexibility index (Phi) is 6.49. The second-order valence-electron chi connectivity index (χ2n) is 5.67. The Balaban J connectivity index is 1.70. The number of aryl methyl sites for hydroxylation is 2. The van der Waals surface area contributed by atoms with E-state index in [0.29, 0.717) is 6.54 Å². The van der Waals surface area contributed by atoms with Gasteiger partial charge in [-0.15, -0.1) is 11.8 Å². The third-order valence-corrected chi connectivity index (χ3v) is 4.29. The average molecular weight is 346 g/mol. The lowest BCUT2D eigenvalue weighted by Gasteiger charge is -2.15. The van der Waals surface area contributed by atoms with Gasteiger partial charge < -0.3 is 14.6 Å². The number of nitrogens with zero attached hydrogens (tertiary/aromatic N) is 1. The van der Waals surface area contributed by atoms with E-state index in [1.165, 1.54) is 11.8 Å². The first-order valence-electron chi connectivity index (χ1n) is 7.67. The summed E-state index contributed by atoms with van der Waals surface area (Å²) < 4.78 is 5.46. The molecule has 0 bridgehead atoms. The first-order chi connectivity index (χ1) is 11.4. The zero-order chi connectivity index (χ0) is 17.5. The molecule has 1 aromatic heterocycles. The molecule has 2 aromatic rings. The number of hydrogen-bond acceptors (Lipinski definition) is 4. The highest BCUT2D eigenvalue weighted by atomic mass is 32.2. The van der Waals surface area contributed by atoms with Crippen molar-refractivity contribution in [2.75, 3.05) is 23.9 Å². The third kappa shape index (κ3) is 5.77. The number of thioether (sulfide) groups is 1. The molecule has 0 aliphatic rings. The van der Waals surface area contributed by atoms with E-state index < -0.39 is 0 Å². The molecule has 0 radical (unpaired) electrons. The van der Waals surface area contributed by atoms with Gasteiger partial charge in [0.25, 0.3) is 0 Å². The van der Waals surface area contributed by atoms with Crippen LogP contribution in [0, 0.1) is 13.8 Å². The summed E-state index contributed by atoms with van der Waals surface area (Å²) in [4.78, 5) is 25.6.